The molecular formula is C20H17FN6O3. The number of rotatable bonds is 5. The average Bonchev–Trinajstić information content (AvgIpc) is 3.22. The molecule has 0 radical (unpaired) electrons. The predicted molar refractivity (Wildman–Crippen MR) is 105 cm³/mol. The Morgan fingerprint density at radius 2 is 1.90 bits per heavy atom. The van der Waals surface area contributed by atoms with Gasteiger partial charge in [-0.2, -0.15) is 10.2 Å². The van der Waals surface area contributed by atoms with Gasteiger partial charge in [0.1, 0.15) is 17.4 Å². The number of nitro groups is 1. The van der Waals surface area contributed by atoms with E-state index in [1.165, 1.54) is 18.2 Å². The molecule has 0 unspecified atom stereocenters. The first-order valence-electron chi connectivity index (χ1n) is 9.28. The second-order valence-electron chi connectivity index (χ2n) is 6.82. The lowest BCUT2D eigenvalue weighted by molar-refractivity contribution is -0.384. The zero-order valence-electron chi connectivity index (χ0n) is 15.9. The normalized spacial score (nSPS) is 14.5. The minimum atomic E-state index is -0.512. The Morgan fingerprint density at radius 3 is 2.57 bits per heavy atom. The summed E-state index contributed by atoms with van der Waals surface area (Å²) < 4.78 is 19.2. The van der Waals surface area contributed by atoms with Gasteiger partial charge < -0.3 is 9.42 Å². The summed E-state index contributed by atoms with van der Waals surface area (Å²) in [5.41, 5.74) is 1.31. The van der Waals surface area contributed by atoms with Crippen molar-refractivity contribution in [3.05, 3.63) is 69.9 Å². The van der Waals surface area contributed by atoms with E-state index in [2.05, 4.69) is 15.0 Å². The Morgan fingerprint density at radius 1 is 1.17 bits per heavy atom. The fraction of sp³-hybridized carbons (Fsp3) is 0.250. The number of halogens is 1. The predicted octanol–water partition coefficient (Wildman–Crippen LogP) is 2.98. The number of benzene rings is 2. The fourth-order valence-corrected chi connectivity index (χ4v) is 3.39. The number of nitriles is 1. The first-order chi connectivity index (χ1) is 14.5. The highest BCUT2D eigenvalue weighted by atomic mass is 19.1. The van der Waals surface area contributed by atoms with E-state index in [9.17, 15) is 19.8 Å². The molecule has 2 aromatic carbocycles. The number of nitro benzene ring substituents is 1. The number of aromatic nitrogens is 2. The Kier molecular flexibility index (Phi) is 5.36. The molecule has 0 spiro atoms. The van der Waals surface area contributed by atoms with Gasteiger partial charge in [0.05, 0.1) is 17.2 Å². The van der Waals surface area contributed by atoms with Crippen LogP contribution >= 0.6 is 0 Å². The van der Waals surface area contributed by atoms with Gasteiger partial charge in [0.25, 0.3) is 5.69 Å². The third kappa shape index (κ3) is 3.97. The molecule has 1 saturated heterocycles. The molecule has 2 heterocycles. The van der Waals surface area contributed by atoms with E-state index in [1.54, 1.807) is 24.3 Å². The first-order valence-corrected chi connectivity index (χ1v) is 9.28. The van der Waals surface area contributed by atoms with Crippen LogP contribution in [0.4, 0.5) is 15.8 Å². The van der Waals surface area contributed by atoms with Crippen molar-refractivity contribution in [2.24, 2.45) is 0 Å². The summed E-state index contributed by atoms with van der Waals surface area (Å²) in [6, 6.07) is 12.5. The summed E-state index contributed by atoms with van der Waals surface area (Å²) >= 11 is 0. The standard InChI is InChI=1S/C20H17FN6O3/c21-17-2-1-3-18(16(17)12-22)26-10-8-25(9-11-26)13-19-23-20(24-30-19)14-4-6-15(7-5-14)27(28)29/h1-7H,8-11,13H2. The average molecular weight is 408 g/mol. The maximum absolute atomic E-state index is 13.9. The minimum Gasteiger partial charge on any atom is -0.368 e. The molecule has 3 aromatic rings. The highest BCUT2D eigenvalue weighted by Crippen LogP contribution is 2.24. The van der Waals surface area contributed by atoms with Crippen molar-refractivity contribution in [1.82, 2.24) is 15.0 Å². The van der Waals surface area contributed by atoms with Crippen LogP contribution in [-0.2, 0) is 6.54 Å². The SMILES string of the molecule is N#Cc1c(F)cccc1N1CCN(Cc2nc(-c3ccc([N+](=O)[O-])cc3)no2)CC1. The highest BCUT2D eigenvalue weighted by Gasteiger charge is 2.22. The fourth-order valence-electron chi connectivity index (χ4n) is 3.39. The molecule has 4 rings (SSSR count). The van der Waals surface area contributed by atoms with E-state index in [-0.39, 0.29) is 11.3 Å². The van der Waals surface area contributed by atoms with E-state index in [0.717, 1.165) is 0 Å². The second kappa shape index (κ2) is 8.26. The van der Waals surface area contributed by atoms with Crippen molar-refractivity contribution < 1.29 is 13.8 Å². The lowest BCUT2D eigenvalue weighted by Gasteiger charge is -2.35. The highest BCUT2D eigenvalue weighted by molar-refractivity contribution is 5.60. The first kappa shape index (κ1) is 19.5. The smallest absolute Gasteiger partial charge is 0.269 e. The van der Waals surface area contributed by atoms with Gasteiger partial charge in [-0.15, -0.1) is 0 Å². The van der Waals surface area contributed by atoms with Crippen LogP contribution < -0.4 is 4.90 Å². The zero-order valence-corrected chi connectivity index (χ0v) is 15.9. The molecule has 0 saturated carbocycles. The molecule has 152 valence electrons. The van der Waals surface area contributed by atoms with Crippen LogP contribution in [-0.4, -0.2) is 46.1 Å². The van der Waals surface area contributed by atoms with E-state index in [1.807, 2.05) is 11.0 Å². The van der Waals surface area contributed by atoms with Gasteiger partial charge in [-0.25, -0.2) is 4.39 Å². The van der Waals surface area contributed by atoms with Gasteiger partial charge in [-0.1, -0.05) is 11.2 Å². The van der Waals surface area contributed by atoms with Crippen LogP contribution in [0, 0.1) is 27.3 Å². The molecule has 1 aliphatic heterocycles. The van der Waals surface area contributed by atoms with Crippen molar-refractivity contribution in [3.63, 3.8) is 0 Å². The number of anilines is 1. The topological polar surface area (TPSA) is 112 Å². The van der Waals surface area contributed by atoms with Gasteiger partial charge in [0.2, 0.25) is 11.7 Å². The third-order valence-corrected chi connectivity index (χ3v) is 4.98. The van der Waals surface area contributed by atoms with Crippen molar-refractivity contribution in [2.45, 2.75) is 6.54 Å². The molecule has 0 aliphatic carbocycles. The zero-order chi connectivity index (χ0) is 21.1. The van der Waals surface area contributed by atoms with Crippen LogP contribution in [0.15, 0.2) is 47.0 Å². The Balaban J connectivity index is 1.38. The number of hydrogen-bond acceptors (Lipinski definition) is 8. The number of non-ortho nitro benzene ring substituents is 1. The Labute approximate surface area is 171 Å². The van der Waals surface area contributed by atoms with Gasteiger partial charge in [-0.3, -0.25) is 15.0 Å². The lowest BCUT2D eigenvalue weighted by Crippen LogP contribution is -2.46. The van der Waals surface area contributed by atoms with Gasteiger partial charge in [0, 0.05) is 43.9 Å². The molecule has 1 aliphatic rings. The van der Waals surface area contributed by atoms with E-state index in [0.29, 0.717) is 55.7 Å². The summed E-state index contributed by atoms with van der Waals surface area (Å²) in [5.74, 6) is 0.305. The molecule has 9 nitrogen and oxygen atoms in total. The van der Waals surface area contributed by atoms with Crippen LogP contribution in [0.2, 0.25) is 0 Å². The number of hydrogen-bond donors (Lipinski definition) is 0. The molecular weight excluding hydrogens is 391 g/mol. The van der Waals surface area contributed by atoms with Crippen molar-refractivity contribution >= 4 is 11.4 Å². The third-order valence-electron chi connectivity index (χ3n) is 4.98. The molecule has 0 amide bonds. The summed E-state index contributed by atoms with van der Waals surface area (Å²) in [4.78, 5) is 18.8. The molecule has 1 fully saturated rings. The Bertz CT molecular complexity index is 1100. The maximum Gasteiger partial charge on any atom is 0.269 e. The summed E-state index contributed by atoms with van der Waals surface area (Å²) in [7, 11) is 0. The molecule has 0 bridgehead atoms. The van der Waals surface area contributed by atoms with Crippen LogP contribution in [0.5, 0.6) is 0 Å². The number of nitrogens with zero attached hydrogens (tertiary/aromatic N) is 6. The van der Waals surface area contributed by atoms with Crippen LogP contribution in [0.1, 0.15) is 11.5 Å². The maximum atomic E-state index is 13.9. The second-order valence-corrected chi connectivity index (χ2v) is 6.82. The summed E-state index contributed by atoms with van der Waals surface area (Å²) in [5, 5.41) is 23.9. The van der Waals surface area contributed by atoms with Crippen LogP contribution in [0.25, 0.3) is 11.4 Å². The molecule has 10 heteroatoms. The van der Waals surface area contributed by atoms with E-state index >= 15 is 0 Å². The van der Waals surface area contributed by atoms with Gasteiger partial charge >= 0.3 is 0 Å². The van der Waals surface area contributed by atoms with Crippen LogP contribution in [0.3, 0.4) is 0 Å². The molecule has 30 heavy (non-hydrogen) atoms. The van der Waals surface area contributed by atoms with Gasteiger partial charge in [0.15, 0.2) is 0 Å². The molecule has 0 N–H and O–H groups in total. The monoisotopic (exact) mass is 408 g/mol. The molecule has 1 aromatic heterocycles. The van der Waals surface area contributed by atoms with Gasteiger partial charge in [-0.05, 0) is 24.3 Å². The largest absolute Gasteiger partial charge is 0.368 e. The number of piperazine rings is 1. The van der Waals surface area contributed by atoms with E-state index in [4.69, 9.17) is 4.52 Å². The molecule has 0 atom stereocenters. The Hall–Kier alpha value is -3.84. The summed E-state index contributed by atoms with van der Waals surface area (Å²) in [6.07, 6.45) is 0. The minimum absolute atomic E-state index is 0.00167. The van der Waals surface area contributed by atoms with E-state index < -0.39 is 10.7 Å². The summed E-state index contributed by atoms with van der Waals surface area (Å²) in [6.45, 7) is 3.12. The van der Waals surface area contributed by atoms with Crippen molar-refractivity contribution in [1.29, 1.82) is 5.26 Å². The van der Waals surface area contributed by atoms with Crippen molar-refractivity contribution in [3.8, 4) is 17.5 Å². The van der Waals surface area contributed by atoms with Crippen molar-refractivity contribution in [2.75, 3.05) is 31.1 Å². The quantitative estimate of drug-likeness (QED) is 0.468. The lowest BCUT2D eigenvalue weighted by atomic mass is 10.1.